The van der Waals surface area contributed by atoms with Crippen LogP contribution in [0.15, 0.2) is 40.8 Å². The zero-order valence-corrected chi connectivity index (χ0v) is 16.4. The Hall–Kier alpha value is -1.98. The molecule has 0 amide bonds. The molecule has 1 fully saturated rings. The molecular formula is C22H25N3OS. The van der Waals surface area contributed by atoms with Crippen molar-refractivity contribution in [3.8, 4) is 10.8 Å². The van der Waals surface area contributed by atoms with E-state index in [1.807, 2.05) is 11.3 Å². The average molecular weight is 380 g/mol. The number of thiophene rings is 1. The molecule has 1 aromatic carbocycles. The monoisotopic (exact) mass is 379 g/mol. The second-order valence-corrected chi connectivity index (χ2v) is 8.86. The van der Waals surface area contributed by atoms with Crippen molar-refractivity contribution in [2.75, 3.05) is 13.1 Å². The highest BCUT2D eigenvalue weighted by Gasteiger charge is 2.23. The molecule has 5 rings (SSSR count). The van der Waals surface area contributed by atoms with Crippen LogP contribution in [-0.4, -0.2) is 28.2 Å². The maximum absolute atomic E-state index is 6.01. The topological polar surface area (TPSA) is 42.2 Å². The van der Waals surface area contributed by atoms with Crippen LogP contribution >= 0.6 is 11.3 Å². The van der Waals surface area contributed by atoms with Crippen molar-refractivity contribution in [1.82, 2.24) is 15.1 Å². The fourth-order valence-corrected chi connectivity index (χ4v) is 5.53. The molecular weight excluding hydrogens is 354 g/mol. The number of fused-ring (bicyclic) bond motifs is 1. The normalized spacial score (nSPS) is 18.5. The molecule has 0 saturated carbocycles. The number of hydrogen-bond donors (Lipinski definition) is 0. The third-order valence-electron chi connectivity index (χ3n) is 5.89. The number of piperidine rings is 1. The lowest BCUT2D eigenvalue weighted by Gasteiger charge is -2.31. The van der Waals surface area contributed by atoms with Crippen LogP contribution in [0.5, 0.6) is 0 Å². The maximum atomic E-state index is 6.01. The highest BCUT2D eigenvalue weighted by Crippen LogP contribution is 2.35. The maximum Gasteiger partial charge on any atom is 0.257 e. The number of aryl methyl sites for hydroxylation is 2. The van der Waals surface area contributed by atoms with E-state index < -0.39 is 0 Å². The number of rotatable bonds is 4. The Balaban J connectivity index is 1.21. The van der Waals surface area contributed by atoms with Crippen LogP contribution in [0, 0.1) is 0 Å². The lowest BCUT2D eigenvalue weighted by atomic mass is 9.89. The number of nitrogens with zero attached hydrogens (tertiary/aromatic N) is 3. The van der Waals surface area contributed by atoms with E-state index in [1.54, 1.807) is 0 Å². The summed E-state index contributed by atoms with van der Waals surface area (Å²) in [5, 5.41) is 8.64. The van der Waals surface area contributed by atoms with E-state index in [1.165, 1.54) is 54.5 Å². The van der Waals surface area contributed by atoms with Gasteiger partial charge in [-0.15, -0.1) is 21.5 Å². The Labute approximate surface area is 164 Å². The molecule has 140 valence electrons. The number of likely N-dealkylation sites (tertiary alicyclic amines) is 1. The Morgan fingerprint density at radius 1 is 1.04 bits per heavy atom. The predicted octanol–water partition coefficient (Wildman–Crippen LogP) is 5.06. The van der Waals surface area contributed by atoms with Crippen LogP contribution < -0.4 is 0 Å². The first kappa shape index (κ1) is 17.1. The van der Waals surface area contributed by atoms with Gasteiger partial charge in [-0.25, -0.2) is 0 Å². The van der Waals surface area contributed by atoms with Crippen molar-refractivity contribution in [2.24, 2.45) is 0 Å². The van der Waals surface area contributed by atoms with E-state index in [0.717, 1.165) is 30.4 Å². The second-order valence-electron chi connectivity index (χ2n) is 7.73. The van der Waals surface area contributed by atoms with Gasteiger partial charge in [-0.2, -0.15) is 0 Å². The zero-order chi connectivity index (χ0) is 18.1. The predicted molar refractivity (Wildman–Crippen MR) is 108 cm³/mol. The summed E-state index contributed by atoms with van der Waals surface area (Å²) in [6.45, 7) is 2.94. The summed E-state index contributed by atoms with van der Waals surface area (Å²) in [5.41, 5.74) is 2.96. The van der Waals surface area contributed by atoms with Crippen molar-refractivity contribution in [1.29, 1.82) is 0 Å². The van der Waals surface area contributed by atoms with Gasteiger partial charge in [0.05, 0.1) is 11.4 Å². The lowest BCUT2D eigenvalue weighted by molar-refractivity contribution is 0.188. The van der Waals surface area contributed by atoms with Gasteiger partial charge < -0.3 is 4.42 Å². The minimum Gasteiger partial charge on any atom is -0.419 e. The summed E-state index contributed by atoms with van der Waals surface area (Å²) >= 11 is 1.84. The molecule has 0 unspecified atom stereocenters. The number of benzene rings is 1. The molecule has 1 saturated heterocycles. The Bertz CT molecular complexity index is 870. The molecule has 0 spiro atoms. The first-order chi connectivity index (χ1) is 13.3. The van der Waals surface area contributed by atoms with Crippen molar-refractivity contribution in [2.45, 2.75) is 51.0 Å². The molecule has 0 N–H and O–H groups in total. The van der Waals surface area contributed by atoms with E-state index in [0.29, 0.717) is 11.8 Å². The molecule has 0 radical (unpaired) electrons. The molecule has 2 aliphatic rings. The van der Waals surface area contributed by atoms with Gasteiger partial charge in [0.2, 0.25) is 5.89 Å². The number of aromatic nitrogens is 2. The SMILES string of the molecule is c1ccc(C2CCN(Cc3nnc(-c4cc5c(s4)CCCC5)o3)CC2)cc1. The molecule has 1 aliphatic heterocycles. The molecule has 2 aromatic heterocycles. The molecule has 3 heterocycles. The van der Waals surface area contributed by atoms with Crippen LogP contribution in [0.25, 0.3) is 10.8 Å². The van der Waals surface area contributed by atoms with Crippen LogP contribution in [0.3, 0.4) is 0 Å². The minimum atomic E-state index is 0.679. The van der Waals surface area contributed by atoms with E-state index >= 15 is 0 Å². The van der Waals surface area contributed by atoms with Crippen LogP contribution in [0.2, 0.25) is 0 Å². The van der Waals surface area contributed by atoms with Gasteiger partial charge in [-0.1, -0.05) is 30.3 Å². The zero-order valence-electron chi connectivity index (χ0n) is 15.6. The molecule has 5 heteroatoms. The molecule has 1 aliphatic carbocycles. The lowest BCUT2D eigenvalue weighted by Crippen LogP contribution is -2.32. The Kier molecular flexibility index (Phi) is 4.80. The first-order valence-corrected chi connectivity index (χ1v) is 10.9. The van der Waals surface area contributed by atoms with Gasteiger partial charge in [0.15, 0.2) is 0 Å². The van der Waals surface area contributed by atoms with Gasteiger partial charge in [-0.3, -0.25) is 4.90 Å². The Morgan fingerprint density at radius 3 is 2.67 bits per heavy atom. The fraction of sp³-hybridized carbons (Fsp3) is 0.455. The average Bonchev–Trinajstić information content (AvgIpc) is 3.36. The molecule has 4 nitrogen and oxygen atoms in total. The summed E-state index contributed by atoms with van der Waals surface area (Å²) < 4.78 is 6.01. The van der Waals surface area contributed by atoms with Gasteiger partial charge in [0.1, 0.15) is 0 Å². The van der Waals surface area contributed by atoms with Crippen molar-refractivity contribution in [3.05, 3.63) is 58.3 Å². The van der Waals surface area contributed by atoms with E-state index in [9.17, 15) is 0 Å². The largest absolute Gasteiger partial charge is 0.419 e. The third-order valence-corrected chi connectivity index (χ3v) is 7.12. The highest BCUT2D eigenvalue weighted by atomic mass is 32.1. The van der Waals surface area contributed by atoms with Gasteiger partial charge in [0, 0.05) is 4.88 Å². The summed E-state index contributed by atoms with van der Waals surface area (Å²) in [7, 11) is 0. The first-order valence-electron chi connectivity index (χ1n) is 10.1. The van der Waals surface area contributed by atoms with Crippen molar-refractivity contribution in [3.63, 3.8) is 0 Å². The molecule has 3 aromatic rings. The van der Waals surface area contributed by atoms with Crippen LogP contribution in [0.4, 0.5) is 0 Å². The standard InChI is InChI=1S/C22H25N3OS/c1-2-6-16(7-3-1)17-10-12-25(13-11-17)15-21-23-24-22(26-21)20-14-18-8-4-5-9-19(18)27-20/h1-3,6-7,14,17H,4-5,8-13,15H2. The van der Waals surface area contributed by atoms with Crippen molar-refractivity contribution < 1.29 is 4.42 Å². The molecule has 0 bridgehead atoms. The highest BCUT2D eigenvalue weighted by molar-refractivity contribution is 7.15. The van der Waals surface area contributed by atoms with Crippen molar-refractivity contribution >= 4 is 11.3 Å². The molecule has 27 heavy (non-hydrogen) atoms. The molecule has 0 atom stereocenters. The summed E-state index contributed by atoms with van der Waals surface area (Å²) in [6.07, 6.45) is 7.41. The summed E-state index contributed by atoms with van der Waals surface area (Å²) in [5.74, 6) is 2.12. The summed E-state index contributed by atoms with van der Waals surface area (Å²) in [6, 6.07) is 13.2. The second kappa shape index (κ2) is 7.56. The Morgan fingerprint density at radius 2 is 1.85 bits per heavy atom. The van der Waals surface area contributed by atoms with Crippen LogP contribution in [-0.2, 0) is 19.4 Å². The van der Waals surface area contributed by atoms with E-state index in [2.05, 4.69) is 51.5 Å². The van der Waals surface area contributed by atoms with E-state index in [-0.39, 0.29) is 0 Å². The van der Waals surface area contributed by atoms with Gasteiger partial charge in [0.25, 0.3) is 5.89 Å². The van der Waals surface area contributed by atoms with E-state index in [4.69, 9.17) is 4.42 Å². The fourth-order valence-electron chi connectivity index (χ4n) is 4.35. The minimum absolute atomic E-state index is 0.679. The third kappa shape index (κ3) is 3.71. The number of hydrogen-bond acceptors (Lipinski definition) is 5. The van der Waals surface area contributed by atoms with Gasteiger partial charge in [-0.05, 0) is 74.7 Å². The quantitative estimate of drug-likeness (QED) is 0.636. The summed E-state index contributed by atoms with van der Waals surface area (Å²) in [4.78, 5) is 5.10. The van der Waals surface area contributed by atoms with Gasteiger partial charge >= 0.3 is 0 Å². The van der Waals surface area contributed by atoms with Crippen LogP contribution in [0.1, 0.15) is 53.5 Å². The smallest absolute Gasteiger partial charge is 0.257 e.